The molecule has 2 N–H and O–H groups in total. The highest BCUT2D eigenvalue weighted by molar-refractivity contribution is 14.1. The molecule has 0 spiro atoms. The van der Waals surface area contributed by atoms with Crippen molar-refractivity contribution < 1.29 is 22.7 Å². The lowest BCUT2D eigenvalue weighted by Crippen LogP contribution is -2.34. The third kappa shape index (κ3) is 6.66. The zero-order chi connectivity index (χ0) is 22.4. The van der Waals surface area contributed by atoms with Crippen molar-refractivity contribution in [3.8, 4) is 5.75 Å². The van der Waals surface area contributed by atoms with Crippen molar-refractivity contribution in [2.24, 2.45) is 0 Å². The first kappa shape index (κ1) is 23.0. The molecule has 0 saturated carbocycles. The van der Waals surface area contributed by atoms with E-state index in [0.29, 0.717) is 15.9 Å². The van der Waals surface area contributed by atoms with Crippen molar-refractivity contribution in [1.82, 2.24) is 5.32 Å². The van der Waals surface area contributed by atoms with Crippen molar-refractivity contribution in [3.05, 3.63) is 93.1 Å². The molecule has 0 radical (unpaired) electrons. The number of benzene rings is 3. The molecule has 0 aliphatic rings. The highest BCUT2D eigenvalue weighted by atomic mass is 127. The third-order valence-corrected chi connectivity index (χ3v) is 5.00. The maximum absolute atomic E-state index is 13.2. The van der Waals surface area contributed by atoms with E-state index in [0.717, 1.165) is 11.6 Å². The molecule has 31 heavy (non-hydrogen) atoms. The van der Waals surface area contributed by atoms with E-state index in [9.17, 15) is 18.0 Å². The van der Waals surface area contributed by atoms with Gasteiger partial charge in [-0.2, -0.15) is 13.2 Å². The molecule has 3 rings (SSSR count). The first-order chi connectivity index (χ1) is 14.7. The molecule has 0 saturated heterocycles. The Morgan fingerprint density at radius 1 is 1.00 bits per heavy atom. The van der Waals surface area contributed by atoms with Gasteiger partial charge in [-0.1, -0.05) is 30.3 Å². The van der Waals surface area contributed by atoms with Crippen molar-refractivity contribution in [1.29, 1.82) is 0 Å². The monoisotopic (exact) mass is 556 g/mol. The van der Waals surface area contributed by atoms with Crippen LogP contribution in [0.5, 0.6) is 5.75 Å². The summed E-state index contributed by atoms with van der Waals surface area (Å²) >= 11 is 6.81. The van der Waals surface area contributed by atoms with E-state index in [2.05, 4.69) is 10.6 Å². The molecule has 0 heterocycles. The number of halogens is 4. The molecule has 160 valence electrons. The van der Waals surface area contributed by atoms with Crippen molar-refractivity contribution in [2.45, 2.75) is 12.8 Å². The molecule has 0 aliphatic heterocycles. The van der Waals surface area contributed by atoms with E-state index in [1.807, 2.05) is 30.3 Å². The predicted octanol–water partition coefficient (Wildman–Crippen LogP) is 6.02. The van der Waals surface area contributed by atoms with Crippen LogP contribution in [-0.4, -0.2) is 11.0 Å². The van der Waals surface area contributed by atoms with Gasteiger partial charge < -0.3 is 10.1 Å². The fourth-order valence-electron chi connectivity index (χ4n) is 2.63. The molecular formula is C22H16F3IN2O2S. The lowest BCUT2D eigenvalue weighted by Gasteiger charge is -2.16. The predicted molar refractivity (Wildman–Crippen MR) is 125 cm³/mol. The lowest BCUT2D eigenvalue weighted by molar-refractivity contribution is -0.137. The summed E-state index contributed by atoms with van der Waals surface area (Å²) in [5.41, 5.74) is 0.197. The van der Waals surface area contributed by atoms with E-state index in [1.165, 1.54) is 12.1 Å². The highest BCUT2D eigenvalue weighted by Crippen LogP contribution is 2.35. The summed E-state index contributed by atoms with van der Waals surface area (Å²) in [6.07, 6.45) is -4.56. The minimum atomic E-state index is -4.56. The van der Waals surface area contributed by atoms with Crippen molar-refractivity contribution >= 4 is 51.5 Å². The van der Waals surface area contributed by atoms with Crippen LogP contribution >= 0.6 is 34.8 Å². The summed E-state index contributed by atoms with van der Waals surface area (Å²) in [6, 6.07) is 19.8. The van der Waals surface area contributed by atoms with Gasteiger partial charge >= 0.3 is 6.18 Å². The van der Waals surface area contributed by atoms with Crippen LogP contribution in [0.1, 0.15) is 21.5 Å². The number of thiocarbonyl (C=S) groups is 1. The first-order valence-electron chi connectivity index (χ1n) is 8.98. The number of rotatable bonds is 5. The van der Waals surface area contributed by atoms with Gasteiger partial charge in [-0.15, -0.1) is 0 Å². The Hall–Kier alpha value is -2.66. The fourth-order valence-corrected chi connectivity index (χ4v) is 3.33. The SMILES string of the molecule is O=C(NC(=S)Nc1ccc(I)cc1C(F)(F)F)c1ccc(OCc2ccccc2)cc1. The fraction of sp³-hybridized carbons (Fsp3) is 0.0909. The van der Waals surface area contributed by atoms with Gasteiger partial charge in [-0.05, 0) is 82.8 Å². The molecular weight excluding hydrogens is 540 g/mol. The third-order valence-electron chi connectivity index (χ3n) is 4.13. The second-order valence-electron chi connectivity index (χ2n) is 6.39. The number of nitrogens with one attached hydrogen (secondary N) is 2. The maximum atomic E-state index is 13.2. The summed E-state index contributed by atoms with van der Waals surface area (Å²) in [7, 11) is 0. The van der Waals surface area contributed by atoms with Crippen LogP contribution < -0.4 is 15.4 Å². The number of anilines is 1. The molecule has 0 atom stereocenters. The Balaban J connectivity index is 1.59. The Morgan fingerprint density at radius 3 is 2.32 bits per heavy atom. The second-order valence-corrected chi connectivity index (χ2v) is 8.05. The smallest absolute Gasteiger partial charge is 0.418 e. The molecule has 0 aromatic heterocycles. The molecule has 4 nitrogen and oxygen atoms in total. The number of ether oxygens (including phenoxy) is 1. The van der Waals surface area contributed by atoms with Crippen LogP contribution in [0, 0.1) is 3.57 Å². The van der Waals surface area contributed by atoms with Gasteiger partial charge in [0.1, 0.15) is 12.4 Å². The Labute approximate surface area is 195 Å². The second kappa shape index (κ2) is 10.1. The number of carbonyl (C=O) groups is 1. The maximum Gasteiger partial charge on any atom is 0.418 e. The van der Waals surface area contributed by atoms with Gasteiger partial charge in [0.05, 0.1) is 11.3 Å². The zero-order valence-corrected chi connectivity index (χ0v) is 18.8. The number of carbonyl (C=O) groups excluding carboxylic acids is 1. The summed E-state index contributed by atoms with van der Waals surface area (Å²) in [4.78, 5) is 12.4. The Morgan fingerprint density at radius 2 is 1.68 bits per heavy atom. The number of hydrogen-bond donors (Lipinski definition) is 2. The van der Waals surface area contributed by atoms with Gasteiger partial charge in [0, 0.05) is 9.13 Å². The van der Waals surface area contributed by atoms with Gasteiger partial charge in [0.2, 0.25) is 0 Å². The molecule has 0 aliphatic carbocycles. The standard InChI is InChI=1S/C22H16F3IN2O2S/c23-22(24,25)18-12-16(26)8-11-19(18)27-21(31)28-20(29)15-6-9-17(10-7-15)30-13-14-4-2-1-3-5-14/h1-12H,13H2,(H2,27,28,29,31). The highest BCUT2D eigenvalue weighted by Gasteiger charge is 2.34. The first-order valence-corrected chi connectivity index (χ1v) is 10.5. The Kier molecular flexibility index (Phi) is 7.50. The van der Waals surface area contributed by atoms with Crippen LogP contribution in [0.2, 0.25) is 0 Å². The van der Waals surface area contributed by atoms with Crippen LogP contribution in [0.4, 0.5) is 18.9 Å². The van der Waals surface area contributed by atoms with Crippen LogP contribution in [0.15, 0.2) is 72.8 Å². The molecule has 9 heteroatoms. The van der Waals surface area contributed by atoms with Crippen molar-refractivity contribution in [3.63, 3.8) is 0 Å². The van der Waals surface area contributed by atoms with E-state index in [-0.39, 0.29) is 16.4 Å². The number of alkyl halides is 3. The van der Waals surface area contributed by atoms with E-state index >= 15 is 0 Å². The summed E-state index contributed by atoms with van der Waals surface area (Å²) < 4.78 is 45.8. The van der Waals surface area contributed by atoms with Gasteiger partial charge in [0.15, 0.2) is 5.11 Å². The summed E-state index contributed by atoms with van der Waals surface area (Å²) in [5, 5.41) is 4.60. The zero-order valence-electron chi connectivity index (χ0n) is 15.9. The van der Waals surface area contributed by atoms with E-state index in [4.69, 9.17) is 17.0 Å². The Bertz CT molecular complexity index is 1070. The average molecular weight is 556 g/mol. The molecule has 3 aromatic rings. The van der Waals surface area contributed by atoms with Gasteiger partial charge in [-0.3, -0.25) is 10.1 Å². The average Bonchev–Trinajstić information content (AvgIpc) is 2.74. The summed E-state index contributed by atoms with van der Waals surface area (Å²) in [6.45, 7) is 0.387. The normalized spacial score (nSPS) is 11.0. The number of hydrogen-bond acceptors (Lipinski definition) is 3. The molecule has 1 amide bonds. The van der Waals surface area contributed by atoms with Crippen LogP contribution in [-0.2, 0) is 12.8 Å². The molecule has 0 unspecified atom stereocenters. The molecule has 3 aromatic carbocycles. The topological polar surface area (TPSA) is 50.4 Å². The van der Waals surface area contributed by atoms with Gasteiger partial charge in [0.25, 0.3) is 5.91 Å². The van der Waals surface area contributed by atoms with Gasteiger partial charge in [-0.25, -0.2) is 0 Å². The molecule has 0 bridgehead atoms. The largest absolute Gasteiger partial charge is 0.489 e. The van der Waals surface area contributed by atoms with E-state index in [1.54, 1.807) is 46.9 Å². The lowest BCUT2D eigenvalue weighted by atomic mass is 10.1. The van der Waals surface area contributed by atoms with E-state index < -0.39 is 17.6 Å². The van der Waals surface area contributed by atoms with Crippen LogP contribution in [0.3, 0.4) is 0 Å². The quantitative estimate of drug-likeness (QED) is 0.299. The minimum Gasteiger partial charge on any atom is -0.489 e. The van der Waals surface area contributed by atoms with Crippen LogP contribution in [0.25, 0.3) is 0 Å². The summed E-state index contributed by atoms with van der Waals surface area (Å²) in [5.74, 6) is 0.0287. The van der Waals surface area contributed by atoms with Crippen molar-refractivity contribution in [2.75, 3.05) is 5.32 Å². The molecule has 0 fully saturated rings. The minimum absolute atomic E-state index is 0.233. The number of amides is 1.